The average Bonchev–Trinajstić information content (AvgIpc) is 1.85. The SMILES string of the molecule is CN(C)c1ccc(C#Cc2c3nc(c(-c4cc(OCCC(C)(C)C)cc(OCCC(C)(C)C)c4)c4ccc([nH]4)c(C#Cc4ccc([N+](=O)[O-])cc4)c4nc(c(-c5cc(OCCC(C)(C)C)cc(OCCC(C)(C)C)c5)c5ccc2[nH]5)C=C4)C=C3)cc1. The summed E-state index contributed by atoms with van der Waals surface area (Å²) < 4.78 is 26.4. The topological polar surface area (TPSA) is 141 Å². The molecule has 0 saturated heterocycles. The van der Waals surface area contributed by atoms with Gasteiger partial charge in [0, 0.05) is 77.3 Å². The van der Waals surface area contributed by atoms with Crippen LogP contribution in [0.15, 0.2) is 109 Å². The van der Waals surface area contributed by atoms with Crippen molar-refractivity contribution in [1.29, 1.82) is 0 Å². The highest BCUT2D eigenvalue weighted by Crippen LogP contribution is 2.40. The molecule has 2 aliphatic heterocycles. The van der Waals surface area contributed by atoms with Gasteiger partial charge in [0.2, 0.25) is 0 Å². The molecule has 7 aromatic rings. The molecule has 0 amide bonds. The summed E-state index contributed by atoms with van der Waals surface area (Å²) >= 11 is 0. The maximum absolute atomic E-state index is 11.7. The largest absolute Gasteiger partial charge is 0.493 e. The molecule has 0 spiro atoms. The van der Waals surface area contributed by atoms with Crippen LogP contribution >= 0.6 is 0 Å². The molecule has 12 heteroatoms. The minimum absolute atomic E-state index is 0.0170. The highest BCUT2D eigenvalue weighted by Gasteiger charge is 2.22. The number of fused-ring (bicyclic) bond motifs is 8. The monoisotopic (exact) mass is 1150 g/mol. The smallest absolute Gasteiger partial charge is 0.269 e. The summed E-state index contributed by atoms with van der Waals surface area (Å²) in [5.74, 6) is 16.6. The highest BCUT2D eigenvalue weighted by atomic mass is 16.6. The van der Waals surface area contributed by atoms with E-state index in [0.29, 0.717) is 94.4 Å². The molecule has 4 aromatic carbocycles. The Balaban J connectivity index is 1.36. The van der Waals surface area contributed by atoms with Crippen molar-refractivity contribution < 1.29 is 23.9 Å². The Morgan fingerprint density at radius 3 is 1.09 bits per heavy atom. The van der Waals surface area contributed by atoms with E-state index in [1.165, 1.54) is 12.1 Å². The van der Waals surface area contributed by atoms with E-state index >= 15 is 0 Å². The van der Waals surface area contributed by atoms with Crippen molar-refractivity contribution >= 4 is 57.7 Å². The number of anilines is 1. The second kappa shape index (κ2) is 25.7. The Morgan fingerprint density at radius 2 is 0.767 bits per heavy atom. The molecular formula is C74H82N6O6. The van der Waals surface area contributed by atoms with Gasteiger partial charge in [-0.25, -0.2) is 9.97 Å². The molecule has 0 fully saturated rings. The first-order valence-corrected chi connectivity index (χ1v) is 29.7. The Hall–Kier alpha value is -9.00. The van der Waals surface area contributed by atoms with Crippen LogP contribution in [0, 0.1) is 55.5 Å². The van der Waals surface area contributed by atoms with Crippen molar-refractivity contribution in [1.82, 2.24) is 19.9 Å². The lowest BCUT2D eigenvalue weighted by Gasteiger charge is -2.20. The number of ether oxygens (including phenoxy) is 4. The van der Waals surface area contributed by atoms with Crippen LogP contribution < -0.4 is 23.8 Å². The number of nitro groups is 1. The Labute approximate surface area is 508 Å². The van der Waals surface area contributed by atoms with Gasteiger partial charge in [0.1, 0.15) is 23.0 Å². The Kier molecular flexibility index (Phi) is 18.4. The third-order valence-corrected chi connectivity index (χ3v) is 14.7. The first kappa shape index (κ1) is 61.6. The molecule has 9 rings (SSSR count). The number of H-pyrrole nitrogens is 2. The zero-order chi connectivity index (χ0) is 61.6. The first-order valence-electron chi connectivity index (χ1n) is 29.7. The molecule has 0 unspecified atom stereocenters. The predicted octanol–water partition coefficient (Wildman–Crippen LogP) is 18.0. The van der Waals surface area contributed by atoms with Crippen molar-refractivity contribution in [2.24, 2.45) is 21.7 Å². The number of benzene rings is 4. The Bertz CT molecular complexity index is 3840. The summed E-state index contributed by atoms with van der Waals surface area (Å²) in [5.41, 5.74) is 13.0. The van der Waals surface area contributed by atoms with Crippen LogP contribution in [0.4, 0.5) is 11.4 Å². The number of nitro benzene ring substituents is 1. The zero-order valence-electron chi connectivity index (χ0n) is 52.6. The van der Waals surface area contributed by atoms with Crippen molar-refractivity contribution in [3.63, 3.8) is 0 Å². The van der Waals surface area contributed by atoms with Gasteiger partial charge in [-0.05, 0) is 168 Å². The molecule has 2 aliphatic rings. The summed E-state index contributed by atoms with van der Waals surface area (Å²) in [7, 11) is 4.05. The number of non-ortho nitro benzene ring substituents is 1. The summed E-state index contributed by atoms with van der Waals surface area (Å²) in [6, 6.07) is 34.9. The Morgan fingerprint density at radius 1 is 0.442 bits per heavy atom. The first-order chi connectivity index (χ1) is 40.7. The van der Waals surface area contributed by atoms with Crippen molar-refractivity contribution in [3.8, 4) is 68.9 Å². The molecule has 3 aromatic heterocycles. The maximum Gasteiger partial charge on any atom is 0.269 e. The predicted molar refractivity (Wildman–Crippen MR) is 354 cm³/mol. The number of aromatic amines is 2. The van der Waals surface area contributed by atoms with E-state index in [0.717, 1.165) is 75.7 Å². The maximum atomic E-state index is 11.7. The van der Waals surface area contributed by atoms with E-state index in [-0.39, 0.29) is 27.3 Å². The van der Waals surface area contributed by atoms with E-state index in [2.05, 4.69) is 170 Å². The molecular weight excluding hydrogens is 1070 g/mol. The second-order valence-electron chi connectivity index (χ2n) is 27.3. The number of aromatic nitrogens is 4. The molecule has 0 radical (unpaired) electrons. The number of hydrogen-bond acceptors (Lipinski definition) is 9. The number of nitrogens with zero attached hydrogens (tertiary/aromatic N) is 4. The molecule has 0 aliphatic carbocycles. The van der Waals surface area contributed by atoms with E-state index in [9.17, 15) is 10.1 Å². The van der Waals surface area contributed by atoms with Crippen molar-refractivity contribution in [2.45, 2.75) is 109 Å². The average molecular weight is 1150 g/mol. The van der Waals surface area contributed by atoms with Crippen LogP contribution in [0.25, 0.3) is 68.6 Å². The van der Waals surface area contributed by atoms with Gasteiger partial charge < -0.3 is 33.8 Å². The van der Waals surface area contributed by atoms with Crippen LogP contribution in [-0.2, 0) is 0 Å². The molecule has 86 heavy (non-hydrogen) atoms. The third-order valence-electron chi connectivity index (χ3n) is 14.7. The minimum Gasteiger partial charge on any atom is -0.493 e. The number of nitrogens with one attached hydrogen (secondary N) is 2. The lowest BCUT2D eigenvalue weighted by Crippen LogP contribution is -2.12. The molecule has 8 bridgehead atoms. The molecule has 2 N–H and O–H groups in total. The summed E-state index contributed by atoms with van der Waals surface area (Å²) in [5, 5.41) is 11.7. The fourth-order valence-electron chi connectivity index (χ4n) is 9.52. The van der Waals surface area contributed by atoms with Gasteiger partial charge in [-0.3, -0.25) is 10.1 Å². The molecule has 444 valence electrons. The molecule has 0 saturated carbocycles. The standard InChI is InChI=1S/C74H82N6O6/c1-71(2,3)35-39-83-55-43-51(44-56(47-55)84-40-36-72(4,5)6)69-65-31-27-61(75-65)59(25-19-49-15-21-53(22-16-49)79(13)14)62-28-32-66(76-62)70(52-45-57(85-41-37-73(7,8)9)48-58(46-52)86-42-38-74(10,11)12)68-34-30-64(78-68)60(63-29-33-67(69)77-63)26-20-50-17-23-54(24-18-50)80(81)82/h15-18,21-24,27-34,43-48,75,78H,35-42H2,1-14H3. The van der Waals surface area contributed by atoms with Gasteiger partial charge in [0.05, 0.1) is 76.3 Å². The lowest BCUT2D eigenvalue weighted by molar-refractivity contribution is -0.384. The van der Waals surface area contributed by atoms with Crippen LogP contribution in [0.2, 0.25) is 0 Å². The number of hydrogen-bond donors (Lipinski definition) is 2. The van der Waals surface area contributed by atoms with Crippen LogP contribution in [0.5, 0.6) is 23.0 Å². The van der Waals surface area contributed by atoms with Crippen LogP contribution in [0.1, 0.15) is 154 Å². The van der Waals surface area contributed by atoms with E-state index in [1.807, 2.05) is 74.8 Å². The lowest BCUT2D eigenvalue weighted by atomic mass is 9.93. The van der Waals surface area contributed by atoms with E-state index in [4.69, 9.17) is 28.9 Å². The van der Waals surface area contributed by atoms with Crippen LogP contribution in [0.3, 0.4) is 0 Å². The second-order valence-corrected chi connectivity index (χ2v) is 27.3. The third kappa shape index (κ3) is 16.7. The fraction of sp³-hybridized carbons (Fsp3) is 0.351. The van der Waals surface area contributed by atoms with Gasteiger partial charge in [-0.15, -0.1) is 0 Å². The molecule has 0 atom stereocenters. The van der Waals surface area contributed by atoms with Gasteiger partial charge in [0.25, 0.3) is 5.69 Å². The quantitative estimate of drug-likeness (QED) is 0.0549. The number of rotatable bonds is 16. The minimum atomic E-state index is -0.412. The zero-order valence-corrected chi connectivity index (χ0v) is 52.6. The summed E-state index contributed by atoms with van der Waals surface area (Å²) in [6.07, 6.45) is 11.5. The molecule has 5 heterocycles. The van der Waals surface area contributed by atoms with Crippen LogP contribution in [-0.4, -0.2) is 65.4 Å². The fourth-order valence-corrected chi connectivity index (χ4v) is 9.52. The van der Waals surface area contributed by atoms with Gasteiger partial charge in [-0.1, -0.05) is 107 Å². The summed E-state index contributed by atoms with van der Waals surface area (Å²) in [6.45, 7) is 28.6. The van der Waals surface area contributed by atoms with Gasteiger partial charge in [-0.2, -0.15) is 0 Å². The van der Waals surface area contributed by atoms with E-state index in [1.54, 1.807) is 12.1 Å². The van der Waals surface area contributed by atoms with Crippen molar-refractivity contribution in [2.75, 3.05) is 45.4 Å². The highest BCUT2D eigenvalue weighted by molar-refractivity contribution is 5.96. The van der Waals surface area contributed by atoms with Gasteiger partial charge >= 0.3 is 0 Å². The summed E-state index contributed by atoms with van der Waals surface area (Å²) in [4.78, 5) is 32.0. The van der Waals surface area contributed by atoms with E-state index < -0.39 is 4.92 Å². The van der Waals surface area contributed by atoms with Gasteiger partial charge in [0.15, 0.2) is 0 Å². The normalized spacial score (nSPS) is 12.3. The molecule has 12 nitrogen and oxygen atoms in total. The van der Waals surface area contributed by atoms with Crippen molar-refractivity contribution in [3.05, 3.63) is 164 Å².